The first-order chi connectivity index (χ1) is 12.4. The third-order valence-corrected chi connectivity index (χ3v) is 5.00. The molecule has 0 fully saturated rings. The number of rotatable bonds is 9. The van der Waals surface area contributed by atoms with Crippen LogP contribution in [0.1, 0.15) is 37.0 Å². The van der Waals surface area contributed by atoms with Crippen LogP contribution in [-0.2, 0) is 12.8 Å². The Morgan fingerprint density at radius 3 is 2.38 bits per heavy atom. The molecule has 1 N–H and O–H groups in total. The van der Waals surface area contributed by atoms with Gasteiger partial charge in [0.1, 0.15) is 0 Å². The Hall–Kier alpha value is -2.54. The molecule has 26 heavy (non-hydrogen) atoms. The molecule has 0 aromatic heterocycles. The normalized spacial score (nSPS) is 13.7. The Balaban J connectivity index is 2.07. The standard InChI is InChI=1S/C25H31N/c1-6-18-25(5,19-23-13-8-7-9-14-23)22(4)26-21(3)16-17-24-15-11-10-12-20(24)2/h6-16,26H,1,4,17-19H2,2-3,5H3/b21-16+. The van der Waals surface area contributed by atoms with Gasteiger partial charge in [-0.25, -0.2) is 0 Å². The maximum atomic E-state index is 4.35. The van der Waals surface area contributed by atoms with Gasteiger partial charge in [0, 0.05) is 16.8 Å². The van der Waals surface area contributed by atoms with Gasteiger partial charge in [0.25, 0.3) is 0 Å². The average Bonchev–Trinajstić information content (AvgIpc) is 2.62. The zero-order valence-corrected chi connectivity index (χ0v) is 16.4. The average molecular weight is 346 g/mol. The first kappa shape index (κ1) is 19.8. The van der Waals surface area contributed by atoms with Crippen molar-refractivity contribution in [1.82, 2.24) is 5.32 Å². The molecule has 1 atom stereocenters. The third-order valence-electron chi connectivity index (χ3n) is 5.00. The van der Waals surface area contributed by atoms with Crippen molar-refractivity contribution < 1.29 is 0 Å². The van der Waals surface area contributed by atoms with Gasteiger partial charge in [-0.3, -0.25) is 0 Å². The molecule has 0 spiro atoms. The summed E-state index contributed by atoms with van der Waals surface area (Å²) in [5, 5.41) is 3.53. The van der Waals surface area contributed by atoms with Crippen LogP contribution in [0.2, 0.25) is 0 Å². The number of nitrogens with one attached hydrogen (secondary N) is 1. The summed E-state index contributed by atoms with van der Waals surface area (Å²) in [6.07, 6.45) is 6.98. The van der Waals surface area contributed by atoms with E-state index in [2.05, 4.69) is 99.9 Å². The van der Waals surface area contributed by atoms with E-state index in [-0.39, 0.29) is 5.41 Å². The van der Waals surface area contributed by atoms with Gasteiger partial charge in [-0.15, -0.1) is 6.58 Å². The van der Waals surface area contributed by atoms with E-state index in [0.29, 0.717) is 0 Å². The maximum Gasteiger partial charge on any atom is 0.0144 e. The molecule has 0 amide bonds. The molecule has 0 saturated carbocycles. The van der Waals surface area contributed by atoms with E-state index in [9.17, 15) is 0 Å². The first-order valence-electron chi connectivity index (χ1n) is 9.27. The SMILES string of the molecule is C=CCC(C)(Cc1ccccc1)C(=C)N/C(C)=C/Cc1ccccc1C. The Morgan fingerprint density at radius 2 is 1.73 bits per heavy atom. The molecule has 0 bridgehead atoms. The Labute approximate surface area is 159 Å². The van der Waals surface area contributed by atoms with Gasteiger partial charge in [0.15, 0.2) is 0 Å². The van der Waals surface area contributed by atoms with Crippen LogP contribution >= 0.6 is 0 Å². The van der Waals surface area contributed by atoms with E-state index < -0.39 is 0 Å². The second-order valence-electron chi connectivity index (χ2n) is 7.34. The summed E-state index contributed by atoms with van der Waals surface area (Å²) >= 11 is 0. The number of hydrogen-bond acceptors (Lipinski definition) is 1. The molecule has 0 aliphatic heterocycles. The van der Waals surface area contributed by atoms with Crippen LogP contribution < -0.4 is 5.32 Å². The molecule has 0 aliphatic rings. The highest BCUT2D eigenvalue weighted by Gasteiger charge is 2.27. The van der Waals surface area contributed by atoms with Crippen LogP contribution in [-0.4, -0.2) is 0 Å². The summed E-state index contributed by atoms with van der Waals surface area (Å²) < 4.78 is 0. The summed E-state index contributed by atoms with van der Waals surface area (Å²) in [6, 6.07) is 19.1. The highest BCUT2D eigenvalue weighted by molar-refractivity contribution is 5.29. The van der Waals surface area contributed by atoms with E-state index in [0.717, 1.165) is 30.7 Å². The van der Waals surface area contributed by atoms with E-state index in [1.165, 1.54) is 16.7 Å². The predicted molar refractivity (Wildman–Crippen MR) is 114 cm³/mol. The summed E-state index contributed by atoms with van der Waals surface area (Å²) in [4.78, 5) is 0. The van der Waals surface area contributed by atoms with E-state index in [1.54, 1.807) is 0 Å². The summed E-state index contributed by atoms with van der Waals surface area (Å²) in [5.41, 5.74) is 6.12. The van der Waals surface area contributed by atoms with Crippen molar-refractivity contribution in [2.45, 2.75) is 40.0 Å². The van der Waals surface area contributed by atoms with Crippen molar-refractivity contribution in [2.75, 3.05) is 0 Å². The Morgan fingerprint density at radius 1 is 1.08 bits per heavy atom. The molecule has 0 saturated heterocycles. The number of benzene rings is 2. The highest BCUT2D eigenvalue weighted by atomic mass is 14.9. The molecule has 2 aromatic rings. The zero-order chi connectivity index (χ0) is 19.0. The van der Waals surface area contributed by atoms with Gasteiger partial charge < -0.3 is 5.32 Å². The predicted octanol–water partition coefficient (Wildman–Crippen LogP) is 6.37. The fourth-order valence-corrected chi connectivity index (χ4v) is 3.21. The lowest BCUT2D eigenvalue weighted by molar-refractivity contribution is 0.381. The topological polar surface area (TPSA) is 12.0 Å². The van der Waals surface area contributed by atoms with E-state index >= 15 is 0 Å². The van der Waals surface area contributed by atoms with Gasteiger partial charge in [0.05, 0.1) is 0 Å². The van der Waals surface area contributed by atoms with Crippen LogP contribution in [0.25, 0.3) is 0 Å². The molecule has 0 heterocycles. The van der Waals surface area contributed by atoms with Gasteiger partial charge in [-0.1, -0.05) is 80.3 Å². The van der Waals surface area contributed by atoms with Gasteiger partial charge in [-0.05, 0) is 49.8 Å². The zero-order valence-electron chi connectivity index (χ0n) is 16.4. The molecule has 2 rings (SSSR count). The van der Waals surface area contributed by atoms with Crippen LogP contribution in [0, 0.1) is 12.3 Å². The second-order valence-corrected chi connectivity index (χ2v) is 7.34. The quantitative estimate of drug-likeness (QED) is 0.521. The molecule has 1 unspecified atom stereocenters. The van der Waals surface area contributed by atoms with Crippen molar-refractivity contribution in [1.29, 1.82) is 0 Å². The van der Waals surface area contributed by atoms with Gasteiger partial charge in [-0.2, -0.15) is 0 Å². The van der Waals surface area contributed by atoms with Crippen molar-refractivity contribution in [3.8, 4) is 0 Å². The van der Waals surface area contributed by atoms with E-state index in [1.807, 2.05) is 6.08 Å². The fraction of sp³-hybridized carbons (Fsp3) is 0.280. The lowest BCUT2D eigenvalue weighted by Crippen LogP contribution is -2.29. The lowest BCUT2D eigenvalue weighted by Gasteiger charge is -2.32. The Bertz CT molecular complexity index is 770. The monoisotopic (exact) mass is 345 g/mol. The molecule has 1 nitrogen and oxygen atoms in total. The summed E-state index contributed by atoms with van der Waals surface area (Å²) in [5.74, 6) is 0. The van der Waals surface area contributed by atoms with Crippen molar-refractivity contribution in [3.63, 3.8) is 0 Å². The minimum absolute atomic E-state index is 0.0686. The molecule has 0 aliphatic carbocycles. The minimum Gasteiger partial charge on any atom is -0.363 e. The maximum absolute atomic E-state index is 4.35. The van der Waals surface area contributed by atoms with Crippen molar-refractivity contribution >= 4 is 0 Å². The summed E-state index contributed by atoms with van der Waals surface area (Å²) in [6.45, 7) is 14.8. The number of aryl methyl sites for hydroxylation is 1. The van der Waals surface area contributed by atoms with Gasteiger partial charge in [0.2, 0.25) is 0 Å². The third kappa shape index (κ3) is 5.49. The molecular formula is C25H31N. The second kappa shape index (κ2) is 9.24. The fourth-order valence-electron chi connectivity index (χ4n) is 3.21. The molecule has 136 valence electrons. The molecular weight excluding hydrogens is 314 g/mol. The minimum atomic E-state index is -0.0686. The van der Waals surface area contributed by atoms with Crippen LogP contribution in [0.3, 0.4) is 0 Å². The summed E-state index contributed by atoms with van der Waals surface area (Å²) in [7, 11) is 0. The molecule has 2 aromatic carbocycles. The van der Waals surface area contributed by atoms with Crippen molar-refractivity contribution in [2.24, 2.45) is 5.41 Å². The van der Waals surface area contributed by atoms with Crippen molar-refractivity contribution in [3.05, 3.63) is 108 Å². The lowest BCUT2D eigenvalue weighted by atomic mass is 9.78. The van der Waals surface area contributed by atoms with E-state index in [4.69, 9.17) is 0 Å². The first-order valence-corrected chi connectivity index (χ1v) is 9.27. The van der Waals surface area contributed by atoms with Gasteiger partial charge >= 0.3 is 0 Å². The smallest absolute Gasteiger partial charge is 0.0144 e. The Kier molecular flexibility index (Phi) is 7.03. The van der Waals surface area contributed by atoms with Crippen LogP contribution in [0.4, 0.5) is 0 Å². The largest absolute Gasteiger partial charge is 0.363 e. The highest BCUT2D eigenvalue weighted by Crippen LogP contribution is 2.33. The van der Waals surface area contributed by atoms with Crippen LogP contribution in [0.5, 0.6) is 0 Å². The number of allylic oxidation sites excluding steroid dienone is 4. The van der Waals surface area contributed by atoms with Crippen LogP contribution in [0.15, 0.2) is 91.3 Å². The molecule has 1 heteroatoms. The molecule has 0 radical (unpaired) electrons. The number of hydrogen-bond donors (Lipinski definition) is 1.